The zero-order valence-corrected chi connectivity index (χ0v) is 11.4. The van der Waals surface area contributed by atoms with Crippen molar-refractivity contribution in [1.29, 1.82) is 10.8 Å². The van der Waals surface area contributed by atoms with E-state index in [0.717, 1.165) is 6.08 Å². The van der Waals surface area contributed by atoms with Crippen LogP contribution in [0.4, 0.5) is 0 Å². The molecular weight excluding hydrogens is 302 g/mol. The highest BCUT2D eigenvalue weighted by molar-refractivity contribution is 6.63. The summed E-state index contributed by atoms with van der Waals surface area (Å²) >= 11 is 14.4. The first-order chi connectivity index (χ1) is 8.27. The lowest BCUT2D eigenvalue weighted by atomic mass is 10.3. The number of guanidine groups is 1. The van der Waals surface area contributed by atoms with E-state index in [-0.39, 0.29) is 5.96 Å². The highest BCUT2D eigenvalue weighted by Gasteiger charge is 1.79. The molecule has 0 atom stereocenters. The number of nitrogens with one attached hydrogen (secondary N) is 2. The number of hydrogen-bond donors (Lipinski definition) is 5. The van der Waals surface area contributed by atoms with Crippen LogP contribution < -0.4 is 11.5 Å². The first-order valence-corrected chi connectivity index (χ1v) is 5.38. The van der Waals surface area contributed by atoms with Crippen LogP contribution in [0.1, 0.15) is 0 Å². The number of rotatable bonds is 0. The summed E-state index contributed by atoms with van der Waals surface area (Å²) in [5.74, 6) is -0.0116. The van der Waals surface area contributed by atoms with Gasteiger partial charge in [-0.05, 0) is 12.1 Å². The van der Waals surface area contributed by atoms with Crippen molar-refractivity contribution in [3.05, 3.63) is 30.3 Å². The number of phenolic OH excluding ortho intramolecular Hbond substituents is 1. The zero-order valence-electron chi connectivity index (χ0n) is 9.11. The maximum atomic E-state index is 8.63. The summed E-state index contributed by atoms with van der Waals surface area (Å²) in [5.41, 5.74) is 8.94. The topological polar surface area (TPSA) is 137 Å². The van der Waals surface area contributed by atoms with Gasteiger partial charge in [0.1, 0.15) is 5.75 Å². The Kier molecular flexibility index (Phi) is 21.7. The standard InChI is InChI=1S/C6H6O.CHCl3.CH5N3.CHNO/c7-6-4-2-1-3-5-6;2*2-1(3)4;2-1-3/h1-5,7H;1H;(H5,2,3,4);2H. The minimum absolute atomic E-state index is 0.322. The van der Waals surface area contributed by atoms with Gasteiger partial charge in [-0.25, -0.2) is 10.2 Å². The van der Waals surface area contributed by atoms with Crippen LogP contribution in [0.2, 0.25) is 0 Å². The number of aromatic hydroxyl groups is 1. The van der Waals surface area contributed by atoms with E-state index in [9.17, 15) is 0 Å². The molecule has 0 aliphatic rings. The van der Waals surface area contributed by atoms with E-state index in [1.165, 1.54) is 0 Å². The minimum atomic E-state index is -0.750. The lowest BCUT2D eigenvalue weighted by Gasteiger charge is -1.82. The smallest absolute Gasteiger partial charge is 0.231 e. The third kappa shape index (κ3) is 62.3. The Balaban J connectivity index is -0.000000180. The van der Waals surface area contributed by atoms with E-state index >= 15 is 0 Å². The van der Waals surface area contributed by atoms with Crippen LogP contribution in [0, 0.1) is 10.8 Å². The van der Waals surface area contributed by atoms with Crippen molar-refractivity contribution >= 4 is 46.8 Å². The highest BCUT2D eigenvalue weighted by atomic mass is 35.6. The summed E-state index contributed by atoms with van der Waals surface area (Å²) < 4.78 is -0.750. The number of isocyanates is 1. The SMILES string of the molecule is ClC(Cl)Cl.N=C(N)N.N=C=O.Oc1ccccc1. The maximum absolute atomic E-state index is 8.63. The summed E-state index contributed by atoms with van der Waals surface area (Å²) in [6.45, 7) is 0. The van der Waals surface area contributed by atoms with Crippen LogP contribution in [0.25, 0.3) is 0 Å². The molecule has 102 valence electrons. The van der Waals surface area contributed by atoms with Crippen LogP contribution in [0.3, 0.4) is 0 Å². The van der Waals surface area contributed by atoms with Crippen LogP contribution in [-0.4, -0.2) is 21.4 Å². The van der Waals surface area contributed by atoms with E-state index in [2.05, 4.69) is 11.5 Å². The van der Waals surface area contributed by atoms with E-state index in [4.69, 9.17) is 55.5 Å². The van der Waals surface area contributed by atoms with Crippen LogP contribution in [-0.2, 0) is 4.79 Å². The molecule has 0 amide bonds. The third-order valence-corrected chi connectivity index (χ3v) is 0.756. The fraction of sp³-hybridized carbons (Fsp3) is 0.111. The van der Waals surface area contributed by atoms with Gasteiger partial charge in [0.25, 0.3) is 0 Å². The fourth-order valence-corrected chi connectivity index (χ4v) is 0.428. The Bertz CT molecular complexity index is 323. The van der Waals surface area contributed by atoms with E-state index in [1.54, 1.807) is 24.3 Å². The van der Waals surface area contributed by atoms with E-state index in [0.29, 0.717) is 5.75 Å². The van der Waals surface area contributed by atoms with Gasteiger partial charge in [-0.2, -0.15) is 0 Å². The van der Waals surface area contributed by atoms with Crippen molar-refractivity contribution in [1.82, 2.24) is 0 Å². The molecule has 0 aliphatic carbocycles. The first kappa shape index (κ1) is 21.8. The average Bonchev–Trinajstić information content (AvgIpc) is 2.18. The number of alkyl halides is 3. The molecule has 0 saturated heterocycles. The van der Waals surface area contributed by atoms with Crippen LogP contribution in [0.15, 0.2) is 30.3 Å². The largest absolute Gasteiger partial charge is 0.508 e. The molecule has 0 bridgehead atoms. The predicted octanol–water partition coefficient (Wildman–Crippen LogP) is 2.12. The molecule has 1 aromatic carbocycles. The number of nitrogens with two attached hydrogens (primary N) is 2. The van der Waals surface area contributed by atoms with Gasteiger partial charge in [0.05, 0.1) is 0 Å². The number of benzene rings is 1. The molecule has 1 aromatic rings. The summed E-state index contributed by atoms with van der Waals surface area (Å²) in [6, 6.07) is 8.71. The monoisotopic (exact) mass is 314 g/mol. The lowest BCUT2D eigenvalue weighted by molar-refractivity contribution is 0.475. The molecule has 0 heterocycles. The quantitative estimate of drug-likeness (QED) is 0.217. The Morgan fingerprint density at radius 2 is 1.44 bits per heavy atom. The van der Waals surface area contributed by atoms with Crippen molar-refractivity contribution < 1.29 is 9.90 Å². The first-order valence-electron chi connectivity index (χ1n) is 4.07. The molecule has 0 unspecified atom stereocenters. The van der Waals surface area contributed by atoms with Crippen molar-refractivity contribution in [3.8, 4) is 5.75 Å². The molecule has 0 radical (unpaired) electrons. The molecule has 0 aliphatic heterocycles. The van der Waals surface area contributed by atoms with Crippen molar-refractivity contribution in [2.45, 2.75) is 4.30 Å². The van der Waals surface area contributed by atoms with Gasteiger partial charge in [-0.1, -0.05) is 53.0 Å². The Hall–Kier alpha value is -1.46. The van der Waals surface area contributed by atoms with Crippen molar-refractivity contribution in [3.63, 3.8) is 0 Å². The Morgan fingerprint density at radius 1 is 1.22 bits per heavy atom. The summed E-state index contributed by atoms with van der Waals surface area (Å²) in [4.78, 5) is 8.35. The highest BCUT2D eigenvalue weighted by Crippen LogP contribution is 2.03. The van der Waals surface area contributed by atoms with E-state index < -0.39 is 4.30 Å². The second kappa shape index (κ2) is 17.9. The molecule has 18 heavy (non-hydrogen) atoms. The Morgan fingerprint density at radius 3 is 1.56 bits per heavy atom. The van der Waals surface area contributed by atoms with Gasteiger partial charge < -0.3 is 16.6 Å². The van der Waals surface area contributed by atoms with Crippen LogP contribution >= 0.6 is 34.8 Å². The minimum Gasteiger partial charge on any atom is -0.508 e. The van der Waals surface area contributed by atoms with Gasteiger partial charge in [0, 0.05) is 0 Å². The normalized spacial score (nSPS) is 7.11. The van der Waals surface area contributed by atoms with Crippen LogP contribution in [0.5, 0.6) is 5.75 Å². The van der Waals surface area contributed by atoms with Gasteiger partial charge in [-0.15, -0.1) is 0 Å². The molecule has 0 aromatic heterocycles. The molecule has 9 heteroatoms. The zero-order chi connectivity index (χ0) is 15.0. The van der Waals surface area contributed by atoms with Crippen molar-refractivity contribution in [2.24, 2.45) is 11.5 Å². The third-order valence-electron chi connectivity index (χ3n) is 0.756. The molecule has 6 nitrogen and oxygen atoms in total. The number of phenols is 1. The molecular formula is C9H13Cl3N4O2. The Labute approximate surface area is 119 Å². The molecule has 0 saturated carbocycles. The lowest BCUT2D eigenvalue weighted by Crippen LogP contribution is -2.20. The van der Waals surface area contributed by atoms with Gasteiger partial charge in [0.15, 0.2) is 10.3 Å². The summed E-state index contributed by atoms with van der Waals surface area (Å²) in [5, 5.41) is 20.1. The number of hydrogen-bond acceptors (Lipinski definition) is 4. The second-order valence-electron chi connectivity index (χ2n) is 2.14. The van der Waals surface area contributed by atoms with Crippen molar-refractivity contribution in [2.75, 3.05) is 0 Å². The second-order valence-corrected chi connectivity index (χ2v) is 4.12. The number of halogens is 3. The predicted molar refractivity (Wildman–Crippen MR) is 74.0 cm³/mol. The fourth-order valence-electron chi connectivity index (χ4n) is 0.428. The maximum Gasteiger partial charge on any atom is 0.231 e. The van der Waals surface area contributed by atoms with Gasteiger partial charge in [0.2, 0.25) is 6.08 Å². The summed E-state index contributed by atoms with van der Waals surface area (Å²) in [7, 11) is 0. The van der Waals surface area contributed by atoms with E-state index in [1.807, 2.05) is 6.07 Å². The van der Waals surface area contributed by atoms with Gasteiger partial charge >= 0.3 is 0 Å². The average molecular weight is 316 g/mol. The molecule has 1 rings (SSSR count). The number of para-hydroxylation sites is 1. The molecule has 0 spiro atoms. The van der Waals surface area contributed by atoms with Gasteiger partial charge in [-0.3, -0.25) is 5.41 Å². The number of carbonyl (C=O) groups excluding carboxylic acids is 1. The molecule has 0 fully saturated rings. The summed E-state index contributed by atoms with van der Waals surface area (Å²) in [6.07, 6.45) is 0.750. The molecule has 7 N–H and O–H groups in total.